The molecule has 18 heavy (non-hydrogen) atoms. The molecule has 92 valence electrons. The molecule has 0 aliphatic heterocycles. The number of hydrogen-bond acceptors (Lipinski definition) is 3. The molecule has 0 saturated carbocycles. The Hall–Kier alpha value is -2.07. The fourth-order valence-corrected chi connectivity index (χ4v) is 1.70. The van der Waals surface area contributed by atoms with Gasteiger partial charge in [0.25, 0.3) is 0 Å². The number of halogens is 1. The van der Waals surface area contributed by atoms with Gasteiger partial charge >= 0.3 is 5.97 Å². The van der Waals surface area contributed by atoms with Crippen molar-refractivity contribution in [3.63, 3.8) is 0 Å². The highest BCUT2D eigenvalue weighted by Crippen LogP contribution is 2.25. The van der Waals surface area contributed by atoms with E-state index in [1.807, 2.05) is 30.3 Å². The fraction of sp³-hybridized carbons (Fsp3) is 0.0769. The summed E-state index contributed by atoms with van der Waals surface area (Å²) in [6, 6.07) is 9.43. The number of carbonyl (C=O) groups is 1. The Morgan fingerprint density at radius 2 is 2.00 bits per heavy atom. The quantitative estimate of drug-likeness (QED) is 0.921. The van der Waals surface area contributed by atoms with E-state index in [0.29, 0.717) is 0 Å². The van der Waals surface area contributed by atoms with Crippen LogP contribution >= 0.6 is 11.6 Å². The summed E-state index contributed by atoms with van der Waals surface area (Å²) in [5.41, 5.74) is 0.872. The number of rotatable bonds is 4. The number of aromatic nitrogens is 1. The van der Waals surface area contributed by atoms with Crippen molar-refractivity contribution in [1.82, 2.24) is 4.98 Å². The van der Waals surface area contributed by atoms with Gasteiger partial charge in [-0.25, -0.2) is 4.79 Å². The van der Waals surface area contributed by atoms with Crippen LogP contribution in [0.5, 0.6) is 5.75 Å². The van der Waals surface area contributed by atoms with Gasteiger partial charge in [0.05, 0.1) is 11.2 Å². The van der Waals surface area contributed by atoms with Gasteiger partial charge in [0.1, 0.15) is 12.2 Å². The minimum atomic E-state index is -1.13. The summed E-state index contributed by atoms with van der Waals surface area (Å²) in [7, 11) is 0. The monoisotopic (exact) mass is 263 g/mol. The van der Waals surface area contributed by atoms with Crippen LogP contribution in [0.4, 0.5) is 0 Å². The van der Waals surface area contributed by atoms with Crippen LogP contribution in [-0.2, 0) is 6.61 Å². The Kier molecular flexibility index (Phi) is 3.79. The molecule has 0 saturated heterocycles. The van der Waals surface area contributed by atoms with Crippen LogP contribution in [0.2, 0.25) is 5.02 Å². The summed E-state index contributed by atoms with van der Waals surface area (Å²) in [5.74, 6) is -0.968. The van der Waals surface area contributed by atoms with Crippen molar-refractivity contribution >= 4 is 17.6 Å². The zero-order valence-corrected chi connectivity index (χ0v) is 10.1. The SMILES string of the molecule is O=C(O)c1c(Cl)cncc1OCc1ccccc1. The van der Waals surface area contributed by atoms with Crippen molar-refractivity contribution in [2.75, 3.05) is 0 Å². The van der Waals surface area contributed by atoms with Gasteiger partial charge in [-0.15, -0.1) is 0 Å². The van der Waals surface area contributed by atoms with Crippen molar-refractivity contribution in [2.24, 2.45) is 0 Å². The first-order chi connectivity index (χ1) is 8.68. The molecule has 0 fully saturated rings. The molecule has 0 bridgehead atoms. The van der Waals surface area contributed by atoms with E-state index in [1.165, 1.54) is 12.4 Å². The van der Waals surface area contributed by atoms with E-state index in [1.54, 1.807) is 0 Å². The normalized spacial score (nSPS) is 10.1. The Labute approximate surface area is 109 Å². The van der Waals surface area contributed by atoms with Gasteiger partial charge in [0, 0.05) is 6.20 Å². The lowest BCUT2D eigenvalue weighted by Gasteiger charge is -2.09. The number of hydrogen-bond donors (Lipinski definition) is 1. The summed E-state index contributed by atoms with van der Waals surface area (Å²) in [6.07, 6.45) is 2.62. The van der Waals surface area contributed by atoms with E-state index >= 15 is 0 Å². The summed E-state index contributed by atoms with van der Waals surface area (Å²) in [4.78, 5) is 14.9. The first-order valence-corrected chi connectivity index (χ1v) is 5.60. The maximum absolute atomic E-state index is 11.1. The predicted octanol–water partition coefficient (Wildman–Crippen LogP) is 3.01. The molecule has 1 heterocycles. The molecule has 1 aromatic carbocycles. The lowest BCUT2D eigenvalue weighted by atomic mass is 10.2. The third kappa shape index (κ3) is 2.78. The molecule has 0 atom stereocenters. The fourth-order valence-electron chi connectivity index (χ4n) is 1.47. The molecule has 0 spiro atoms. The molecule has 5 heteroatoms. The summed E-state index contributed by atoms with van der Waals surface area (Å²) in [5, 5.41) is 9.11. The maximum atomic E-state index is 11.1. The van der Waals surface area contributed by atoms with Crippen molar-refractivity contribution in [3.8, 4) is 5.75 Å². The molecular weight excluding hydrogens is 254 g/mol. The van der Waals surface area contributed by atoms with E-state index in [9.17, 15) is 4.79 Å². The second-order valence-corrected chi connectivity index (χ2v) is 3.98. The van der Waals surface area contributed by atoms with Crippen molar-refractivity contribution in [2.45, 2.75) is 6.61 Å². The van der Waals surface area contributed by atoms with E-state index in [0.717, 1.165) is 5.56 Å². The zero-order valence-electron chi connectivity index (χ0n) is 9.34. The van der Waals surface area contributed by atoms with Crippen LogP contribution in [0.15, 0.2) is 42.7 Å². The van der Waals surface area contributed by atoms with Gasteiger partial charge in [-0.3, -0.25) is 4.98 Å². The average Bonchev–Trinajstić information content (AvgIpc) is 2.37. The smallest absolute Gasteiger partial charge is 0.341 e. The van der Waals surface area contributed by atoms with E-state index in [-0.39, 0.29) is 22.9 Å². The molecular formula is C13H10ClNO3. The Bertz CT molecular complexity index is 557. The lowest BCUT2D eigenvalue weighted by Crippen LogP contribution is -2.04. The van der Waals surface area contributed by atoms with Crippen molar-refractivity contribution < 1.29 is 14.6 Å². The van der Waals surface area contributed by atoms with Crippen molar-refractivity contribution in [1.29, 1.82) is 0 Å². The highest BCUT2D eigenvalue weighted by Gasteiger charge is 2.16. The van der Waals surface area contributed by atoms with E-state index < -0.39 is 5.97 Å². The minimum absolute atomic E-state index is 0.0630. The number of pyridine rings is 1. The zero-order chi connectivity index (χ0) is 13.0. The number of benzene rings is 1. The number of carboxylic acids is 1. The van der Waals surface area contributed by atoms with Gasteiger partial charge in [0.2, 0.25) is 0 Å². The molecule has 1 aromatic heterocycles. The Morgan fingerprint density at radius 3 is 2.67 bits per heavy atom. The van der Waals surface area contributed by atoms with Gasteiger partial charge in [-0.05, 0) is 5.56 Å². The second-order valence-electron chi connectivity index (χ2n) is 3.57. The molecule has 1 N–H and O–H groups in total. The third-order valence-electron chi connectivity index (χ3n) is 2.32. The summed E-state index contributed by atoms with van der Waals surface area (Å²) in [6.45, 7) is 0.267. The maximum Gasteiger partial charge on any atom is 0.341 e. The molecule has 2 aromatic rings. The van der Waals surface area contributed by atoms with Crippen LogP contribution < -0.4 is 4.74 Å². The molecule has 2 rings (SSSR count). The molecule has 0 aliphatic rings. The Morgan fingerprint density at radius 1 is 1.28 bits per heavy atom. The summed E-state index contributed by atoms with van der Waals surface area (Å²) >= 11 is 5.78. The second kappa shape index (κ2) is 5.51. The van der Waals surface area contributed by atoms with Gasteiger partial charge in [-0.1, -0.05) is 41.9 Å². The largest absolute Gasteiger partial charge is 0.486 e. The number of nitrogens with zero attached hydrogens (tertiary/aromatic N) is 1. The van der Waals surface area contributed by atoms with Crippen LogP contribution in [0.25, 0.3) is 0 Å². The topological polar surface area (TPSA) is 59.4 Å². The highest BCUT2D eigenvalue weighted by atomic mass is 35.5. The van der Waals surface area contributed by atoms with Gasteiger partial charge in [0.15, 0.2) is 5.75 Å². The molecule has 0 unspecified atom stereocenters. The van der Waals surface area contributed by atoms with Crippen LogP contribution in [-0.4, -0.2) is 16.1 Å². The lowest BCUT2D eigenvalue weighted by molar-refractivity contribution is 0.0691. The number of carboxylic acid groups (broad SMARTS) is 1. The summed E-state index contributed by atoms with van der Waals surface area (Å²) < 4.78 is 5.44. The number of ether oxygens (including phenoxy) is 1. The van der Waals surface area contributed by atoms with Crippen LogP contribution in [0.3, 0.4) is 0 Å². The Balaban J connectivity index is 2.20. The van der Waals surface area contributed by atoms with Crippen LogP contribution in [0, 0.1) is 0 Å². The molecule has 0 amide bonds. The predicted molar refractivity (Wildman–Crippen MR) is 67.0 cm³/mol. The molecule has 0 radical (unpaired) electrons. The molecule has 4 nitrogen and oxygen atoms in total. The van der Waals surface area contributed by atoms with Crippen molar-refractivity contribution in [3.05, 3.63) is 58.9 Å². The van der Waals surface area contributed by atoms with Gasteiger partial charge < -0.3 is 9.84 Å². The molecule has 0 aliphatic carbocycles. The first kappa shape index (κ1) is 12.4. The van der Waals surface area contributed by atoms with E-state index in [2.05, 4.69) is 4.98 Å². The third-order valence-corrected chi connectivity index (χ3v) is 2.60. The minimum Gasteiger partial charge on any atom is -0.486 e. The van der Waals surface area contributed by atoms with Crippen LogP contribution in [0.1, 0.15) is 15.9 Å². The number of aromatic carboxylic acids is 1. The average molecular weight is 264 g/mol. The highest BCUT2D eigenvalue weighted by molar-refractivity contribution is 6.33. The van der Waals surface area contributed by atoms with Gasteiger partial charge in [-0.2, -0.15) is 0 Å². The standard InChI is InChI=1S/C13H10ClNO3/c14-10-6-15-7-11(12(10)13(16)17)18-8-9-4-2-1-3-5-9/h1-7H,8H2,(H,16,17). The van der Waals surface area contributed by atoms with E-state index in [4.69, 9.17) is 21.4 Å². The first-order valence-electron chi connectivity index (χ1n) is 5.22.